The zero-order chi connectivity index (χ0) is 18.9. The summed E-state index contributed by atoms with van der Waals surface area (Å²) >= 11 is 0. The summed E-state index contributed by atoms with van der Waals surface area (Å²) < 4.78 is 1.26. The minimum absolute atomic E-state index is 0.00903. The van der Waals surface area contributed by atoms with Crippen molar-refractivity contribution in [1.29, 1.82) is 0 Å². The number of aryl methyl sites for hydroxylation is 1. The van der Waals surface area contributed by atoms with E-state index >= 15 is 0 Å². The fourth-order valence-corrected chi connectivity index (χ4v) is 2.40. The number of H-pyrrole nitrogens is 1. The van der Waals surface area contributed by atoms with Crippen molar-refractivity contribution in [2.75, 3.05) is 0 Å². The van der Waals surface area contributed by atoms with E-state index in [2.05, 4.69) is 15.3 Å². The van der Waals surface area contributed by atoms with Crippen LogP contribution in [0.5, 0.6) is 0 Å². The molecule has 0 aliphatic carbocycles. The molecule has 0 saturated carbocycles. The Morgan fingerprint density at radius 1 is 1.32 bits per heavy atom. The van der Waals surface area contributed by atoms with Crippen LogP contribution in [0.15, 0.2) is 15.7 Å². The van der Waals surface area contributed by atoms with Gasteiger partial charge in [0.25, 0.3) is 11.5 Å². The molecule has 2 heterocycles. The number of carbonyl (C=O) groups excluding carboxylic acids is 1. The van der Waals surface area contributed by atoms with Gasteiger partial charge in [-0.05, 0) is 25.8 Å². The Labute approximate surface area is 142 Å². The number of carboxylic acids is 1. The molecule has 2 aromatic rings. The van der Waals surface area contributed by atoms with Crippen LogP contribution in [0.3, 0.4) is 0 Å². The highest BCUT2D eigenvalue weighted by Gasteiger charge is 2.22. The molecule has 0 aliphatic rings. The van der Waals surface area contributed by atoms with Gasteiger partial charge in [-0.25, -0.2) is 9.78 Å². The van der Waals surface area contributed by atoms with Crippen LogP contribution in [-0.2, 0) is 11.3 Å². The largest absolute Gasteiger partial charge is 0.480 e. The molecule has 25 heavy (non-hydrogen) atoms. The van der Waals surface area contributed by atoms with Crippen LogP contribution in [0.25, 0.3) is 11.0 Å². The molecule has 1 atom stereocenters. The van der Waals surface area contributed by atoms with E-state index in [1.165, 1.54) is 17.6 Å². The minimum Gasteiger partial charge on any atom is -0.480 e. The summed E-state index contributed by atoms with van der Waals surface area (Å²) in [5.41, 5.74) is -0.729. The number of pyridine rings is 1. The van der Waals surface area contributed by atoms with E-state index in [1.807, 2.05) is 13.8 Å². The van der Waals surface area contributed by atoms with E-state index in [0.717, 1.165) is 0 Å². The lowest BCUT2D eigenvalue weighted by Gasteiger charge is -2.15. The average Bonchev–Trinajstić information content (AvgIpc) is 2.53. The zero-order valence-electron chi connectivity index (χ0n) is 14.4. The predicted octanol–water partition coefficient (Wildman–Crippen LogP) is 0.431. The van der Waals surface area contributed by atoms with Crippen molar-refractivity contribution in [2.24, 2.45) is 0 Å². The molecule has 0 bridgehead atoms. The molecule has 2 aromatic heterocycles. The Hall–Kier alpha value is -2.97. The van der Waals surface area contributed by atoms with Crippen molar-refractivity contribution in [2.45, 2.75) is 46.2 Å². The van der Waals surface area contributed by atoms with Gasteiger partial charge in [-0.1, -0.05) is 13.8 Å². The molecule has 0 aliphatic heterocycles. The quantitative estimate of drug-likeness (QED) is 0.717. The summed E-state index contributed by atoms with van der Waals surface area (Å²) in [5, 5.41) is 11.3. The molecule has 1 amide bonds. The number of carboxylic acid groups (broad SMARTS) is 1. The summed E-state index contributed by atoms with van der Waals surface area (Å²) in [7, 11) is 0. The van der Waals surface area contributed by atoms with Gasteiger partial charge < -0.3 is 10.4 Å². The van der Waals surface area contributed by atoms with Crippen molar-refractivity contribution in [3.8, 4) is 0 Å². The lowest BCUT2D eigenvalue weighted by atomic mass is 10.0. The summed E-state index contributed by atoms with van der Waals surface area (Å²) in [6.45, 7) is 7.01. The first-order valence-corrected chi connectivity index (χ1v) is 7.88. The average molecular weight is 348 g/mol. The monoisotopic (exact) mass is 348 g/mol. The highest BCUT2D eigenvalue weighted by molar-refractivity contribution is 6.06. The van der Waals surface area contributed by atoms with Crippen LogP contribution in [0.4, 0.5) is 0 Å². The number of hydrogen-bond donors (Lipinski definition) is 3. The van der Waals surface area contributed by atoms with Gasteiger partial charge in [-0.2, -0.15) is 0 Å². The Morgan fingerprint density at radius 3 is 2.48 bits per heavy atom. The Bertz CT molecular complexity index is 957. The molecule has 1 unspecified atom stereocenters. The van der Waals surface area contributed by atoms with Crippen LogP contribution in [0.2, 0.25) is 0 Å². The third kappa shape index (κ3) is 3.44. The third-order valence-corrected chi connectivity index (χ3v) is 3.84. The fraction of sp³-hybridized carbons (Fsp3) is 0.438. The van der Waals surface area contributed by atoms with E-state index in [0.29, 0.717) is 5.69 Å². The van der Waals surface area contributed by atoms with E-state index < -0.39 is 29.2 Å². The molecule has 0 aromatic carbocycles. The molecule has 9 nitrogen and oxygen atoms in total. The van der Waals surface area contributed by atoms with E-state index in [-0.39, 0.29) is 29.1 Å². The maximum atomic E-state index is 12.5. The fourth-order valence-electron chi connectivity index (χ4n) is 2.40. The van der Waals surface area contributed by atoms with Crippen molar-refractivity contribution < 1.29 is 14.7 Å². The smallest absolute Gasteiger partial charge is 0.329 e. The van der Waals surface area contributed by atoms with Crippen LogP contribution < -0.4 is 16.6 Å². The van der Waals surface area contributed by atoms with Crippen molar-refractivity contribution in [3.05, 3.63) is 38.2 Å². The maximum Gasteiger partial charge on any atom is 0.329 e. The second-order valence-electron chi connectivity index (χ2n) is 5.98. The van der Waals surface area contributed by atoms with Gasteiger partial charge in [-0.15, -0.1) is 0 Å². The number of nitrogens with one attached hydrogen (secondary N) is 2. The van der Waals surface area contributed by atoms with Crippen molar-refractivity contribution in [1.82, 2.24) is 19.9 Å². The Kier molecular flexibility index (Phi) is 5.05. The second-order valence-corrected chi connectivity index (χ2v) is 5.98. The summed E-state index contributed by atoms with van der Waals surface area (Å²) in [5.74, 6) is -1.97. The number of hydrogen-bond acceptors (Lipinski definition) is 5. The van der Waals surface area contributed by atoms with Crippen molar-refractivity contribution >= 4 is 22.9 Å². The third-order valence-electron chi connectivity index (χ3n) is 3.84. The lowest BCUT2D eigenvalue weighted by molar-refractivity contribution is -0.138. The highest BCUT2D eigenvalue weighted by atomic mass is 16.4. The number of carbonyl (C=O) groups is 2. The van der Waals surface area contributed by atoms with Gasteiger partial charge >= 0.3 is 11.7 Å². The number of nitrogens with zero attached hydrogens (tertiary/aromatic N) is 2. The summed E-state index contributed by atoms with van der Waals surface area (Å²) in [6, 6.07) is 0.325. The second kappa shape index (κ2) is 6.88. The number of rotatable bonds is 5. The van der Waals surface area contributed by atoms with Gasteiger partial charge in [0.15, 0.2) is 5.65 Å². The number of fused-ring (bicyclic) bond motifs is 1. The SMILES string of the molecule is CCn1c(=O)[nH]c(=O)c2c(C(=O)NC(C)C(=O)O)cc(C(C)C)nc21. The molecule has 9 heteroatoms. The maximum absolute atomic E-state index is 12.5. The molecule has 134 valence electrons. The van der Waals surface area contributed by atoms with E-state index in [4.69, 9.17) is 5.11 Å². The number of aromatic amines is 1. The molecule has 0 saturated heterocycles. The Morgan fingerprint density at radius 2 is 1.96 bits per heavy atom. The molecule has 0 fully saturated rings. The van der Waals surface area contributed by atoms with E-state index in [9.17, 15) is 19.2 Å². The number of amides is 1. The molecular weight excluding hydrogens is 328 g/mol. The lowest BCUT2D eigenvalue weighted by Crippen LogP contribution is -2.39. The molecule has 2 rings (SSSR count). The van der Waals surface area contributed by atoms with Crippen LogP contribution in [0, 0.1) is 0 Å². The number of aromatic nitrogens is 3. The van der Waals surface area contributed by atoms with E-state index in [1.54, 1.807) is 6.92 Å². The topological polar surface area (TPSA) is 134 Å². The van der Waals surface area contributed by atoms with Crippen LogP contribution >= 0.6 is 0 Å². The molecule has 0 radical (unpaired) electrons. The van der Waals surface area contributed by atoms with Gasteiger partial charge in [-0.3, -0.25) is 23.9 Å². The Balaban J connectivity index is 2.82. The standard InChI is InChI=1S/C16H20N4O5/c1-5-20-12-11(14(22)19-16(20)25)9(6-10(18-12)7(2)3)13(21)17-8(4)15(23)24/h6-8H,5H2,1-4H3,(H,17,21)(H,23,24)(H,19,22,25). The first-order valence-electron chi connectivity index (χ1n) is 7.88. The zero-order valence-corrected chi connectivity index (χ0v) is 14.4. The van der Waals surface area contributed by atoms with Gasteiger partial charge in [0.1, 0.15) is 6.04 Å². The van der Waals surface area contributed by atoms with Gasteiger partial charge in [0.2, 0.25) is 0 Å². The van der Waals surface area contributed by atoms with Gasteiger partial charge in [0, 0.05) is 12.2 Å². The van der Waals surface area contributed by atoms with Crippen LogP contribution in [-0.4, -0.2) is 37.6 Å². The van der Waals surface area contributed by atoms with Crippen LogP contribution in [0.1, 0.15) is 49.7 Å². The predicted molar refractivity (Wildman–Crippen MR) is 91.0 cm³/mol. The summed E-state index contributed by atoms with van der Waals surface area (Å²) in [6.07, 6.45) is 0. The van der Waals surface area contributed by atoms with Gasteiger partial charge in [0.05, 0.1) is 10.9 Å². The highest BCUT2D eigenvalue weighted by Crippen LogP contribution is 2.19. The first kappa shape index (κ1) is 18.4. The molecule has 3 N–H and O–H groups in total. The first-order chi connectivity index (χ1) is 11.7. The van der Waals surface area contributed by atoms with Crippen molar-refractivity contribution in [3.63, 3.8) is 0 Å². The molecule has 0 spiro atoms. The normalized spacial score (nSPS) is 12.4. The minimum atomic E-state index is -1.20. The summed E-state index contributed by atoms with van der Waals surface area (Å²) in [4.78, 5) is 54.4. The molecular formula is C16H20N4O5. The number of aliphatic carboxylic acids is 1.